The van der Waals surface area contributed by atoms with E-state index in [1.54, 1.807) is 19.1 Å². The second-order valence-corrected chi connectivity index (χ2v) is 7.87. The quantitative estimate of drug-likeness (QED) is 0.509. The Morgan fingerprint density at radius 2 is 1.70 bits per heavy atom. The van der Waals surface area contributed by atoms with Crippen LogP contribution < -0.4 is 10.2 Å². The standard InChI is InChI=1S/C22H33N3O5/c1-28-21(27)19-5-4-12-25(19)20(26)17-6-8-18(9-7-17)24-13-10-16(11-14-24)15-23-22(29-2)30-3/h6-9,16,19,22-23H,4-5,10-15H2,1-3H3/t19-/m0/s1. The highest BCUT2D eigenvalue weighted by atomic mass is 16.7. The van der Waals surface area contributed by atoms with E-state index < -0.39 is 6.04 Å². The van der Waals surface area contributed by atoms with Gasteiger partial charge in [-0.15, -0.1) is 0 Å². The molecule has 2 aliphatic rings. The zero-order valence-corrected chi connectivity index (χ0v) is 18.1. The first-order valence-corrected chi connectivity index (χ1v) is 10.6. The zero-order valence-electron chi connectivity index (χ0n) is 18.1. The monoisotopic (exact) mass is 419 g/mol. The molecule has 0 spiro atoms. The molecule has 166 valence electrons. The molecule has 0 aromatic heterocycles. The zero-order chi connectivity index (χ0) is 21.5. The minimum atomic E-state index is -0.467. The molecule has 30 heavy (non-hydrogen) atoms. The molecule has 0 unspecified atom stereocenters. The fraction of sp³-hybridized carbons (Fsp3) is 0.636. The Balaban J connectivity index is 1.52. The van der Waals surface area contributed by atoms with E-state index in [2.05, 4.69) is 10.2 Å². The van der Waals surface area contributed by atoms with Gasteiger partial charge in [0.1, 0.15) is 6.04 Å². The predicted octanol–water partition coefficient (Wildman–Crippen LogP) is 1.85. The second-order valence-electron chi connectivity index (χ2n) is 7.87. The number of benzene rings is 1. The maximum atomic E-state index is 12.9. The number of hydrogen-bond donors (Lipinski definition) is 1. The van der Waals surface area contributed by atoms with E-state index in [0.717, 1.165) is 44.6 Å². The number of anilines is 1. The summed E-state index contributed by atoms with van der Waals surface area (Å²) >= 11 is 0. The van der Waals surface area contributed by atoms with E-state index in [9.17, 15) is 9.59 Å². The van der Waals surface area contributed by atoms with Crippen molar-refractivity contribution in [2.24, 2.45) is 5.92 Å². The van der Waals surface area contributed by atoms with Gasteiger partial charge in [-0.3, -0.25) is 10.1 Å². The Morgan fingerprint density at radius 3 is 2.30 bits per heavy atom. The number of carbonyl (C=O) groups excluding carboxylic acids is 2. The van der Waals surface area contributed by atoms with Gasteiger partial charge in [0.05, 0.1) is 7.11 Å². The van der Waals surface area contributed by atoms with Crippen molar-refractivity contribution in [1.82, 2.24) is 10.2 Å². The molecule has 8 nitrogen and oxygen atoms in total. The van der Waals surface area contributed by atoms with Crippen molar-refractivity contribution >= 4 is 17.6 Å². The van der Waals surface area contributed by atoms with Crippen molar-refractivity contribution in [3.8, 4) is 0 Å². The third-order valence-corrected chi connectivity index (χ3v) is 6.08. The molecular formula is C22H33N3O5. The summed E-state index contributed by atoms with van der Waals surface area (Å²) in [5, 5.41) is 3.27. The van der Waals surface area contributed by atoms with Gasteiger partial charge < -0.3 is 24.0 Å². The van der Waals surface area contributed by atoms with Gasteiger partial charge in [-0.25, -0.2) is 4.79 Å². The summed E-state index contributed by atoms with van der Waals surface area (Å²) in [5.74, 6) is 0.141. The molecule has 0 saturated carbocycles. The molecule has 0 radical (unpaired) electrons. The molecule has 2 aliphatic heterocycles. The van der Waals surface area contributed by atoms with E-state index >= 15 is 0 Å². The van der Waals surface area contributed by atoms with E-state index in [-0.39, 0.29) is 18.3 Å². The molecule has 8 heteroatoms. The molecule has 2 saturated heterocycles. The van der Waals surface area contributed by atoms with Crippen LogP contribution in [0.5, 0.6) is 0 Å². The largest absolute Gasteiger partial charge is 0.467 e. The molecule has 0 aliphatic carbocycles. The molecule has 1 aromatic rings. The molecule has 2 fully saturated rings. The van der Waals surface area contributed by atoms with Gasteiger partial charge >= 0.3 is 5.97 Å². The number of rotatable bonds is 8. The number of carbonyl (C=O) groups is 2. The van der Waals surface area contributed by atoms with Crippen molar-refractivity contribution in [3.05, 3.63) is 29.8 Å². The molecule has 1 atom stereocenters. The minimum absolute atomic E-state index is 0.106. The van der Waals surface area contributed by atoms with Crippen LogP contribution in [0.4, 0.5) is 5.69 Å². The van der Waals surface area contributed by atoms with Crippen LogP contribution in [0.25, 0.3) is 0 Å². The van der Waals surface area contributed by atoms with Gasteiger partial charge in [-0.05, 0) is 55.9 Å². The lowest BCUT2D eigenvalue weighted by molar-refractivity contribution is -0.145. The number of nitrogens with zero attached hydrogens (tertiary/aromatic N) is 2. The number of esters is 1. The Hall–Kier alpha value is -2.16. The Labute approximate surface area is 178 Å². The van der Waals surface area contributed by atoms with Gasteiger partial charge in [0.25, 0.3) is 5.91 Å². The number of likely N-dealkylation sites (tertiary alicyclic amines) is 1. The summed E-state index contributed by atoms with van der Waals surface area (Å²) in [5.41, 5.74) is 1.73. The van der Waals surface area contributed by atoms with Gasteiger partial charge in [-0.1, -0.05) is 0 Å². The lowest BCUT2D eigenvalue weighted by atomic mass is 9.96. The molecule has 2 heterocycles. The summed E-state index contributed by atoms with van der Waals surface area (Å²) in [6, 6.07) is 7.26. The first kappa shape index (κ1) is 22.5. The molecule has 1 aromatic carbocycles. The normalized spacial score (nSPS) is 20.1. The molecule has 1 amide bonds. The van der Waals surface area contributed by atoms with Gasteiger partial charge in [-0.2, -0.15) is 0 Å². The summed E-state index contributed by atoms with van der Waals surface area (Å²) in [4.78, 5) is 28.8. The number of ether oxygens (including phenoxy) is 3. The first-order chi connectivity index (χ1) is 14.6. The van der Waals surface area contributed by atoms with Crippen molar-refractivity contribution in [2.45, 2.75) is 38.1 Å². The third kappa shape index (κ3) is 5.30. The van der Waals surface area contributed by atoms with E-state index in [1.807, 2.05) is 24.3 Å². The lowest BCUT2D eigenvalue weighted by Crippen LogP contribution is -2.41. The SMILES string of the molecule is COC(=O)[C@@H]1CCCN1C(=O)c1ccc(N2CCC(CNC(OC)OC)CC2)cc1. The molecular weight excluding hydrogens is 386 g/mol. The summed E-state index contributed by atoms with van der Waals surface area (Å²) in [7, 11) is 4.61. The van der Waals surface area contributed by atoms with Crippen molar-refractivity contribution in [2.75, 3.05) is 52.4 Å². The van der Waals surface area contributed by atoms with E-state index in [0.29, 0.717) is 24.4 Å². The fourth-order valence-corrected chi connectivity index (χ4v) is 4.29. The Morgan fingerprint density at radius 1 is 1.03 bits per heavy atom. The second kappa shape index (κ2) is 10.7. The lowest BCUT2D eigenvalue weighted by Gasteiger charge is -2.34. The summed E-state index contributed by atoms with van der Waals surface area (Å²) in [6.45, 7) is 3.40. The average molecular weight is 420 g/mol. The smallest absolute Gasteiger partial charge is 0.328 e. The number of piperidine rings is 1. The van der Waals surface area contributed by atoms with Crippen molar-refractivity contribution < 1.29 is 23.8 Å². The van der Waals surface area contributed by atoms with E-state index in [1.165, 1.54) is 7.11 Å². The molecule has 0 bridgehead atoms. The van der Waals surface area contributed by atoms with Crippen LogP contribution in [0.2, 0.25) is 0 Å². The first-order valence-electron chi connectivity index (χ1n) is 10.6. The number of nitrogens with one attached hydrogen (secondary N) is 1. The Kier molecular flexibility index (Phi) is 8.07. The van der Waals surface area contributed by atoms with Crippen LogP contribution >= 0.6 is 0 Å². The summed E-state index contributed by atoms with van der Waals surface area (Å²) in [6.07, 6.45) is 3.30. The fourth-order valence-electron chi connectivity index (χ4n) is 4.29. The summed E-state index contributed by atoms with van der Waals surface area (Å²) < 4.78 is 15.2. The molecule has 3 rings (SSSR count). The maximum Gasteiger partial charge on any atom is 0.328 e. The van der Waals surface area contributed by atoms with Gasteiger partial charge in [0.2, 0.25) is 6.41 Å². The minimum Gasteiger partial charge on any atom is -0.467 e. The van der Waals surface area contributed by atoms with Crippen LogP contribution in [0.3, 0.4) is 0 Å². The maximum absolute atomic E-state index is 12.9. The van der Waals surface area contributed by atoms with Crippen LogP contribution in [-0.2, 0) is 19.0 Å². The third-order valence-electron chi connectivity index (χ3n) is 6.08. The van der Waals surface area contributed by atoms with Gasteiger partial charge in [0.15, 0.2) is 0 Å². The predicted molar refractivity (Wildman–Crippen MR) is 113 cm³/mol. The van der Waals surface area contributed by atoms with Crippen LogP contribution in [-0.4, -0.2) is 76.7 Å². The van der Waals surface area contributed by atoms with Crippen molar-refractivity contribution in [1.29, 1.82) is 0 Å². The van der Waals surface area contributed by atoms with Crippen LogP contribution in [0.1, 0.15) is 36.0 Å². The van der Waals surface area contributed by atoms with E-state index in [4.69, 9.17) is 14.2 Å². The number of hydrogen-bond acceptors (Lipinski definition) is 7. The number of amides is 1. The van der Waals surface area contributed by atoms with Gasteiger partial charge in [0, 0.05) is 51.6 Å². The van der Waals surface area contributed by atoms with Crippen LogP contribution in [0, 0.1) is 5.92 Å². The average Bonchev–Trinajstić information content (AvgIpc) is 3.29. The topological polar surface area (TPSA) is 80.3 Å². The number of methoxy groups -OCH3 is 3. The molecule has 1 N–H and O–H groups in total. The van der Waals surface area contributed by atoms with Crippen molar-refractivity contribution in [3.63, 3.8) is 0 Å². The highest BCUT2D eigenvalue weighted by Crippen LogP contribution is 2.25. The van der Waals surface area contributed by atoms with Crippen LogP contribution in [0.15, 0.2) is 24.3 Å². The highest BCUT2D eigenvalue weighted by Gasteiger charge is 2.35. The highest BCUT2D eigenvalue weighted by molar-refractivity contribution is 5.97. The Bertz CT molecular complexity index is 699.